The number of hydrogen-bond acceptors (Lipinski definition) is 3. The molecule has 5 nitrogen and oxygen atoms in total. The van der Waals surface area contributed by atoms with Crippen LogP contribution in [0.3, 0.4) is 0 Å². The summed E-state index contributed by atoms with van der Waals surface area (Å²) in [5.74, 6) is 0.392. The van der Waals surface area contributed by atoms with E-state index in [9.17, 15) is 13.2 Å². The largest absolute Gasteiger partial charge is 0.340 e. The fraction of sp³-hybridized carbons (Fsp3) is 0.160. The van der Waals surface area contributed by atoms with Gasteiger partial charge in [-0.2, -0.15) is 0 Å². The van der Waals surface area contributed by atoms with Crippen molar-refractivity contribution in [3.63, 3.8) is 0 Å². The Hall–Kier alpha value is -3.38. The second kappa shape index (κ2) is 9.62. The number of anilines is 2. The number of hydrogen-bond donors (Lipinski definition) is 1. The third kappa shape index (κ3) is 5.83. The van der Waals surface area contributed by atoms with E-state index in [0.717, 1.165) is 11.0 Å². The van der Waals surface area contributed by atoms with E-state index in [1.807, 2.05) is 36.4 Å². The van der Waals surface area contributed by atoms with Crippen LogP contribution in [0.5, 0.6) is 0 Å². The molecule has 2 amide bonds. The van der Waals surface area contributed by atoms with Gasteiger partial charge >= 0.3 is 6.03 Å². The molecule has 160 valence electrons. The highest BCUT2D eigenvalue weighted by Gasteiger charge is 2.22. The zero-order valence-electron chi connectivity index (χ0n) is 17.8. The fourth-order valence-electron chi connectivity index (χ4n) is 3.17. The molecule has 3 rings (SSSR count). The highest BCUT2D eigenvalue weighted by molar-refractivity contribution is 7.93. The second-order valence-corrected chi connectivity index (χ2v) is 9.07. The van der Waals surface area contributed by atoms with Crippen molar-refractivity contribution >= 4 is 33.0 Å². The molecule has 0 saturated heterocycles. The zero-order valence-corrected chi connectivity index (χ0v) is 18.6. The van der Waals surface area contributed by atoms with Crippen LogP contribution in [0, 0.1) is 0 Å². The number of sulfonamides is 1. The third-order valence-electron chi connectivity index (χ3n) is 4.83. The number of para-hydroxylation sites is 2. The first kappa shape index (κ1) is 22.3. The summed E-state index contributed by atoms with van der Waals surface area (Å²) in [6.45, 7) is 5.91. The minimum Gasteiger partial charge on any atom is -0.262 e. The lowest BCUT2D eigenvalue weighted by atomic mass is 10.00. The molecule has 0 spiro atoms. The van der Waals surface area contributed by atoms with Gasteiger partial charge in [0, 0.05) is 0 Å². The van der Waals surface area contributed by atoms with Crippen LogP contribution in [0.4, 0.5) is 16.2 Å². The third-order valence-corrected chi connectivity index (χ3v) is 5.95. The molecule has 0 bridgehead atoms. The van der Waals surface area contributed by atoms with Crippen molar-refractivity contribution in [1.29, 1.82) is 0 Å². The van der Waals surface area contributed by atoms with E-state index in [1.54, 1.807) is 55.5 Å². The number of nitrogens with one attached hydrogen (secondary N) is 1. The van der Waals surface area contributed by atoms with Gasteiger partial charge in [0.05, 0.1) is 16.8 Å². The van der Waals surface area contributed by atoms with Crippen LogP contribution in [0.1, 0.15) is 37.8 Å². The molecule has 0 atom stereocenters. The van der Waals surface area contributed by atoms with Gasteiger partial charge in [0.25, 0.3) is 10.0 Å². The van der Waals surface area contributed by atoms with Gasteiger partial charge in [-0.3, -0.25) is 4.90 Å². The first-order valence-corrected chi connectivity index (χ1v) is 11.6. The average Bonchev–Trinajstić information content (AvgIpc) is 2.74. The summed E-state index contributed by atoms with van der Waals surface area (Å²) in [6, 6.07) is 24.8. The first-order chi connectivity index (χ1) is 14.8. The summed E-state index contributed by atoms with van der Waals surface area (Å²) in [6.07, 6.45) is 0. The summed E-state index contributed by atoms with van der Waals surface area (Å²) < 4.78 is 27.6. The van der Waals surface area contributed by atoms with E-state index in [4.69, 9.17) is 0 Å². The van der Waals surface area contributed by atoms with Gasteiger partial charge < -0.3 is 0 Å². The lowest BCUT2D eigenvalue weighted by Gasteiger charge is -2.23. The quantitative estimate of drug-likeness (QED) is 0.514. The molecule has 0 aromatic heterocycles. The second-order valence-electron chi connectivity index (χ2n) is 7.54. The average molecular weight is 435 g/mol. The van der Waals surface area contributed by atoms with Crippen LogP contribution in [-0.2, 0) is 10.0 Å². The van der Waals surface area contributed by atoms with Gasteiger partial charge in [-0.05, 0) is 53.8 Å². The number of carbonyl (C=O) groups excluding carboxylic acids is 1. The number of benzene rings is 3. The van der Waals surface area contributed by atoms with Crippen molar-refractivity contribution in [3.8, 4) is 0 Å². The molecule has 6 heteroatoms. The smallest absolute Gasteiger partial charge is 0.262 e. The molecule has 0 radical (unpaired) electrons. The van der Waals surface area contributed by atoms with Crippen LogP contribution in [0.25, 0.3) is 5.57 Å². The Balaban J connectivity index is 1.86. The Morgan fingerprint density at radius 3 is 1.77 bits per heavy atom. The minimum absolute atomic E-state index is 0.392. The summed E-state index contributed by atoms with van der Waals surface area (Å²) in [4.78, 5) is 14.3. The molecule has 0 unspecified atom stereocenters. The SMILES string of the molecule is C/C(=C\S(=O)(=O)NC(=O)N(c1ccccc1)c1ccccc1)c1ccc(C(C)C)cc1. The van der Waals surface area contributed by atoms with E-state index in [-0.39, 0.29) is 0 Å². The lowest BCUT2D eigenvalue weighted by Crippen LogP contribution is -2.39. The molecule has 0 aliphatic rings. The number of allylic oxidation sites excluding steroid dienone is 1. The van der Waals surface area contributed by atoms with Crippen LogP contribution < -0.4 is 9.62 Å². The summed E-state index contributed by atoms with van der Waals surface area (Å²) >= 11 is 0. The van der Waals surface area contributed by atoms with Gasteiger partial charge in [0.2, 0.25) is 0 Å². The van der Waals surface area contributed by atoms with Gasteiger partial charge in [-0.25, -0.2) is 17.9 Å². The topological polar surface area (TPSA) is 66.5 Å². The number of amides is 2. The summed E-state index contributed by atoms with van der Waals surface area (Å²) in [5, 5.41) is 1.09. The predicted octanol–water partition coefficient (Wildman–Crippen LogP) is 6.05. The highest BCUT2D eigenvalue weighted by Crippen LogP contribution is 2.25. The summed E-state index contributed by atoms with van der Waals surface area (Å²) in [5.41, 5.74) is 3.62. The van der Waals surface area contributed by atoms with Crippen molar-refractivity contribution in [1.82, 2.24) is 4.72 Å². The number of nitrogens with zero attached hydrogens (tertiary/aromatic N) is 1. The number of carbonyl (C=O) groups is 1. The van der Waals surface area contributed by atoms with E-state index >= 15 is 0 Å². The maximum Gasteiger partial charge on any atom is 0.340 e. The Kier molecular flexibility index (Phi) is 6.92. The van der Waals surface area contributed by atoms with Gasteiger partial charge in [0.15, 0.2) is 0 Å². The van der Waals surface area contributed by atoms with Crippen molar-refractivity contribution in [3.05, 3.63) is 101 Å². The Bertz CT molecular complexity index is 1110. The minimum atomic E-state index is -4.02. The van der Waals surface area contributed by atoms with Crippen LogP contribution in [0.2, 0.25) is 0 Å². The van der Waals surface area contributed by atoms with Crippen LogP contribution in [0.15, 0.2) is 90.3 Å². The van der Waals surface area contributed by atoms with Crippen LogP contribution >= 0.6 is 0 Å². The number of urea groups is 1. The van der Waals surface area contributed by atoms with Gasteiger partial charge in [-0.15, -0.1) is 0 Å². The highest BCUT2D eigenvalue weighted by atomic mass is 32.2. The first-order valence-electron chi connectivity index (χ1n) is 10.0. The number of rotatable bonds is 6. The van der Waals surface area contributed by atoms with E-state index in [1.165, 1.54) is 10.5 Å². The molecule has 1 N–H and O–H groups in total. The van der Waals surface area contributed by atoms with Crippen molar-refractivity contribution in [2.24, 2.45) is 0 Å². The zero-order chi connectivity index (χ0) is 22.4. The predicted molar refractivity (Wildman–Crippen MR) is 127 cm³/mol. The Morgan fingerprint density at radius 1 is 0.839 bits per heavy atom. The van der Waals surface area contributed by atoms with Crippen molar-refractivity contribution in [2.45, 2.75) is 26.7 Å². The van der Waals surface area contributed by atoms with E-state index in [2.05, 4.69) is 18.6 Å². The van der Waals surface area contributed by atoms with Gasteiger partial charge in [0.1, 0.15) is 0 Å². The van der Waals surface area contributed by atoms with E-state index < -0.39 is 16.1 Å². The van der Waals surface area contributed by atoms with Crippen molar-refractivity contribution in [2.75, 3.05) is 4.90 Å². The fourth-order valence-corrected chi connectivity index (χ4v) is 4.16. The standard InChI is InChI=1S/C25H26N2O3S/c1-19(2)21-14-16-22(17-15-21)20(3)18-31(29,30)26-25(28)27(23-10-6-4-7-11-23)24-12-8-5-9-13-24/h4-19H,1-3H3,(H,26,28)/b20-18+. The monoisotopic (exact) mass is 434 g/mol. The molecule has 0 aliphatic carbocycles. The lowest BCUT2D eigenvalue weighted by molar-refractivity contribution is 0.253. The van der Waals surface area contributed by atoms with Crippen LogP contribution in [-0.4, -0.2) is 14.4 Å². The normalized spacial score (nSPS) is 11.9. The molecule has 3 aromatic rings. The Morgan fingerprint density at radius 2 is 1.32 bits per heavy atom. The molecule has 31 heavy (non-hydrogen) atoms. The molecule has 0 aliphatic heterocycles. The molecule has 0 heterocycles. The van der Waals surface area contributed by atoms with Crippen molar-refractivity contribution < 1.29 is 13.2 Å². The maximum absolute atomic E-state index is 13.0. The Labute approximate surface area is 184 Å². The summed E-state index contributed by atoms with van der Waals surface area (Å²) in [7, 11) is -4.02. The molecular formula is C25H26N2O3S. The maximum atomic E-state index is 13.0. The molecule has 3 aromatic carbocycles. The van der Waals surface area contributed by atoms with Gasteiger partial charge in [-0.1, -0.05) is 74.5 Å². The molecular weight excluding hydrogens is 408 g/mol. The molecule has 0 fully saturated rings. The molecule has 0 saturated carbocycles. The van der Waals surface area contributed by atoms with E-state index in [0.29, 0.717) is 22.9 Å².